The van der Waals surface area contributed by atoms with Gasteiger partial charge in [0, 0.05) is 11.6 Å². The molecule has 0 spiro atoms. The molecule has 0 heterocycles. The number of methoxy groups -OCH3 is 1. The highest BCUT2D eigenvalue weighted by Crippen LogP contribution is 2.32. The van der Waals surface area contributed by atoms with Gasteiger partial charge in [-0.1, -0.05) is 39.0 Å². The van der Waals surface area contributed by atoms with Crippen molar-refractivity contribution < 1.29 is 4.74 Å². The molecule has 0 saturated carbocycles. The van der Waals surface area contributed by atoms with Crippen molar-refractivity contribution in [2.24, 2.45) is 11.8 Å². The molecule has 2 nitrogen and oxygen atoms in total. The number of hydrogen-bond acceptors (Lipinski definition) is 2. The number of ether oxygens (including phenoxy) is 1. The van der Waals surface area contributed by atoms with E-state index in [4.69, 9.17) is 4.74 Å². The topological polar surface area (TPSA) is 21.3 Å². The fourth-order valence-electron chi connectivity index (χ4n) is 2.01. The van der Waals surface area contributed by atoms with Crippen LogP contribution in [0.2, 0.25) is 0 Å². The molecule has 0 aliphatic rings. The molecule has 0 aliphatic carbocycles. The molecule has 16 heavy (non-hydrogen) atoms. The number of para-hydroxylation sites is 1. The average molecular weight is 221 g/mol. The first-order valence-electron chi connectivity index (χ1n) is 5.92. The van der Waals surface area contributed by atoms with E-state index in [1.165, 1.54) is 5.56 Å². The van der Waals surface area contributed by atoms with E-state index in [0.29, 0.717) is 17.9 Å². The largest absolute Gasteiger partial charge is 0.496 e. The molecule has 0 aromatic heterocycles. The van der Waals surface area contributed by atoms with Crippen molar-refractivity contribution in [3.05, 3.63) is 29.8 Å². The van der Waals surface area contributed by atoms with E-state index in [0.717, 1.165) is 5.75 Å². The zero-order valence-electron chi connectivity index (χ0n) is 10.9. The Morgan fingerprint density at radius 3 is 2.25 bits per heavy atom. The summed E-state index contributed by atoms with van der Waals surface area (Å²) < 4.78 is 5.42. The highest BCUT2D eigenvalue weighted by atomic mass is 16.5. The van der Waals surface area contributed by atoms with Gasteiger partial charge in [0.15, 0.2) is 0 Å². The van der Waals surface area contributed by atoms with Crippen LogP contribution in [-0.4, -0.2) is 14.2 Å². The number of rotatable bonds is 5. The Balaban J connectivity index is 3.03. The normalized spacial score (nSPS) is 14.9. The smallest absolute Gasteiger partial charge is 0.123 e. The van der Waals surface area contributed by atoms with Crippen LogP contribution in [0, 0.1) is 11.8 Å². The molecule has 1 rings (SSSR count). The number of hydrogen-bond donors (Lipinski definition) is 1. The summed E-state index contributed by atoms with van der Waals surface area (Å²) in [6.07, 6.45) is 0. The summed E-state index contributed by atoms with van der Waals surface area (Å²) >= 11 is 0. The first kappa shape index (κ1) is 13.0. The molecule has 1 aromatic rings. The van der Waals surface area contributed by atoms with Gasteiger partial charge in [-0.15, -0.1) is 0 Å². The lowest BCUT2D eigenvalue weighted by atomic mass is 9.86. The predicted octanol–water partition coefficient (Wildman–Crippen LogP) is 3.25. The van der Waals surface area contributed by atoms with Gasteiger partial charge in [-0.2, -0.15) is 0 Å². The zero-order chi connectivity index (χ0) is 12.1. The molecule has 1 aromatic carbocycles. The third-order valence-corrected chi connectivity index (χ3v) is 3.36. The van der Waals surface area contributed by atoms with E-state index < -0.39 is 0 Å². The maximum absolute atomic E-state index is 5.42. The van der Waals surface area contributed by atoms with E-state index in [1.807, 2.05) is 19.2 Å². The van der Waals surface area contributed by atoms with Gasteiger partial charge in [0.1, 0.15) is 5.75 Å². The summed E-state index contributed by atoms with van der Waals surface area (Å²) in [5, 5.41) is 3.39. The van der Waals surface area contributed by atoms with Crippen molar-refractivity contribution in [2.45, 2.75) is 26.8 Å². The van der Waals surface area contributed by atoms with Gasteiger partial charge in [-0.05, 0) is 24.9 Å². The minimum Gasteiger partial charge on any atom is -0.496 e. The van der Waals surface area contributed by atoms with Crippen molar-refractivity contribution in [3.8, 4) is 5.75 Å². The van der Waals surface area contributed by atoms with E-state index >= 15 is 0 Å². The first-order valence-corrected chi connectivity index (χ1v) is 5.92. The average Bonchev–Trinajstić information content (AvgIpc) is 2.30. The molecular weight excluding hydrogens is 198 g/mol. The van der Waals surface area contributed by atoms with Crippen LogP contribution in [-0.2, 0) is 0 Å². The maximum Gasteiger partial charge on any atom is 0.123 e. The lowest BCUT2D eigenvalue weighted by Crippen LogP contribution is -2.27. The second-order valence-corrected chi connectivity index (χ2v) is 4.61. The SMILES string of the molecule is CNC(c1ccccc1OC)C(C)C(C)C. The molecule has 0 amide bonds. The number of nitrogens with one attached hydrogen (secondary N) is 1. The molecular formula is C14H23NO. The van der Waals surface area contributed by atoms with Crippen molar-refractivity contribution in [2.75, 3.05) is 14.2 Å². The van der Waals surface area contributed by atoms with Gasteiger partial charge in [-0.3, -0.25) is 0 Å². The van der Waals surface area contributed by atoms with Gasteiger partial charge in [0.2, 0.25) is 0 Å². The van der Waals surface area contributed by atoms with Crippen LogP contribution in [0.15, 0.2) is 24.3 Å². The fourth-order valence-corrected chi connectivity index (χ4v) is 2.01. The summed E-state index contributed by atoms with van der Waals surface area (Å²) in [4.78, 5) is 0. The van der Waals surface area contributed by atoms with Crippen LogP contribution in [0.3, 0.4) is 0 Å². The Labute approximate surface area is 99.0 Å². The fraction of sp³-hybridized carbons (Fsp3) is 0.571. The quantitative estimate of drug-likeness (QED) is 0.824. The standard InChI is InChI=1S/C14H23NO/c1-10(2)11(3)14(15-4)12-8-6-7-9-13(12)16-5/h6-11,14-15H,1-5H3. The van der Waals surface area contributed by atoms with Crippen LogP contribution in [0.5, 0.6) is 5.75 Å². The van der Waals surface area contributed by atoms with Crippen LogP contribution >= 0.6 is 0 Å². The molecule has 0 radical (unpaired) electrons. The van der Waals surface area contributed by atoms with Crippen molar-refractivity contribution in [1.82, 2.24) is 5.32 Å². The predicted molar refractivity (Wildman–Crippen MR) is 68.8 cm³/mol. The Morgan fingerprint density at radius 2 is 1.75 bits per heavy atom. The summed E-state index contributed by atoms with van der Waals surface area (Å²) in [6.45, 7) is 6.78. The van der Waals surface area contributed by atoms with Crippen LogP contribution in [0.25, 0.3) is 0 Å². The first-order chi connectivity index (χ1) is 7.61. The molecule has 2 heteroatoms. The Bertz CT molecular complexity index is 322. The summed E-state index contributed by atoms with van der Waals surface area (Å²) in [6, 6.07) is 8.58. The van der Waals surface area contributed by atoms with E-state index in [9.17, 15) is 0 Å². The molecule has 0 aliphatic heterocycles. The lowest BCUT2D eigenvalue weighted by molar-refractivity contribution is 0.306. The second-order valence-electron chi connectivity index (χ2n) is 4.61. The van der Waals surface area contributed by atoms with E-state index in [-0.39, 0.29) is 0 Å². The van der Waals surface area contributed by atoms with E-state index in [2.05, 4.69) is 38.2 Å². The minimum atomic E-state index is 0.344. The van der Waals surface area contributed by atoms with E-state index in [1.54, 1.807) is 7.11 Å². The van der Waals surface area contributed by atoms with Gasteiger partial charge in [0.05, 0.1) is 7.11 Å². The Morgan fingerprint density at radius 1 is 1.12 bits per heavy atom. The highest BCUT2D eigenvalue weighted by molar-refractivity contribution is 5.36. The molecule has 90 valence electrons. The van der Waals surface area contributed by atoms with Gasteiger partial charge in [0.25, 0.3) is 0 Å². The third-order valence-electron chi connectivity index (χ3n) is 3.36. The van der Waals surface area contributed by atoms with Crippen LogP contribution in [0.4, 0.5) is 0 Å². The Hall–Kier alpha value is -1.02. The van der Waals surface area contributed by atoms with Crippen molar-refractivity contribution in [3.63, 3.8) is 0 Å². The van der Waals surface area contributed by atoms with Gasteiger partial charge < -0.3 is 10.1 Å². The highest BCUT2D eigenvalue weighted by Gasteiger charge is 2.22. The summed E-state index contributed by atoms with van der Waals surface area (Å²) in [5.41, 5.74) is 1.24. The van der Waals surface area contributed by atoms with Gasteiger partial charge >= 0.3 is 0 Å². The number of benzene rings is 1. The second kappa shape index (κ2) is 5.90. The molecule has 0 saturated heterocycles. The zero-order valence-corrected chi connectivity index (χ0v) is 10.9. The molecule has 2 unspecified atom stereocenters. The molecule has 0 fully saturated rings. The van der Waals surface area contributed by atoms with Crippen LogP contribution < -0.4 is 10.1 Å². The lowest BCUT2D eigenvalue weighted by Gasteiger charge is -2.28. The third kappa shape index (κ3) is 2.76. The van der Waals surface area contributed by atoms with Crippen molar-refractivity contribution >= 4 is 0 Å². The summed E-state index contributed by atoms with van der Waals surface area (Å²) in [5.74, 6) is 2.18. The molecule has 2 atom stereocenters. The molecule has 0 bridgehead atoms. The monoisotopic (exact) mass is 221 g/mol. The van der Waals surface area contributed by atoms with Gasteiger partial charge in [-0.25, -0.2) is 0 Å². The molecule has 1 N–H and O–H groups in total. The summed E-state index contributed by atoms with van der Waals surface area (Å²) in [7, 11) is 3.74. The maximum atomic E-state index is 5.42. The van der Waals surface area contributed by atoms with Crippen molar-refractivity contribution in [1.29, 1.82) is 0 Å². The Kier molecular flexibility index (Phi) is 4.81. The minimum absolute atomic E-state index is 0.344. The van der Waals surface area contributed by atoms with Crippen LogP contribution in [0.1, 0.15) is 32.4 Å².